The van der Waals surface area contributed by atoms with Gasteiger partial charge in [-0.1, -0.05) is 29.8 Å². The second-order valence-corrected chi connectivity index (χ2v) is 4.33. The molecule has 1 aliphatic rings. The molecule has 1 aromatic carbocycles. The molecule has 3 rings (SSSR count). The zero-order valence-corrected chi connectivity index (χ0v) is 9.51. The Morgan fingerprint density at radius 2 is 2.25 bits per heavy atom. The fourth-order valence-corrected chi connectivity index (χ4v) is 2.31. The van der Waals surface area contributed by atoms with Gasteiger partial charge in [0.2, 0.25) is 0 Å². The molecule has 0 bridgehead atoms. The predicted octanol–water partition coefficient (Wildman–Crippen LogP) is 2.59. The van der Waals surface area contributed by atoms with Crippen molar-refractivity contribution < 1.29 is 0 Å². The van der Waals surface area contributed by atoms with Crippen LogP contribution >= 0.6 is 11.6 Å². The van der Waals surface area contributed by atoms with Crippen molar-refractivity contribution in [1.82, 2.24) is 15.5 Å². The van der Waals surface area contributed by atoms with Gasteiger partial charge >= 0.3 is 0 Å². The van der Waals surface area contributed by atoms with Gasteiger partial charge in [-0.2, -0.15) is 5.10 Å². The van der Waals surface area contributed by atoms with Gasteiger partial charge in [0.1, 0.15) is 5.52 Å². The average molecular weight is 234 g/mol. The van der Waals surface area contributed by atoms with Crippen molar-refractivity contribution in [3.63, 3.8) is 0 Å². The third-order valence-electron chi connectivity index (χ3n) is 2.92. The Hall–Kier alpha value is -1.32. The molecule has 1 aliphatic heterocycles. The normalized spacial score (nSPS) is 16.4. The Morgan fingerprint density at radius 1 is 1.31 bits per heavy atom. The van der Waals surface area contributed by atoms with Gasteiger partial charge in [-0.15, -0.1) is 0 Å². The highest BCUT2D eigenvalue weighted by atomic mass is 35.5. The van der Waals surface area contributed by atoms with Crippen molar-refractivity contribution in [3.8, 4) is 0 Å². The van der Waals surface area contributed by atoms with E-state index in [0.717, 1.165) is 36.1 Å². The van der Waals surface area contributed by atoms with Crippen LogP contribution in [0, 0.1) is 0 Å². The van der Waals surface area contributed by atoms with E-state index in [1.54, 1.807) is 0 Å². The van der Waals surface area contributed by atoms with Crippen molar-refractivity contribution >= 4 is 28.1 Å². The lowest BCUT2D eigenvalue weighted by Crippen LogP contribution is -2.20. The molecule has 0 amide bonds. The van der Waals surface area contributed by atoms with Gasteiger partial charge < -0.3 is 5.32 Å². The maximum Gasteiger partial charge on any atom is 0.111 e. The maximum absolute atomic E-state index is 6.09. The molecule has 0 aliphatic carbocycles. The number of nitrogens with zero attached hydrogens (tertiary/aromatic N) is 1. The molecule has 4 heteroatoms. The number of halogens is 1. The number of aromatic nitrogens is 2. The highest BCUT2D eigenvalue weighted by Crippen LogP contribution is 2.29. The summed E-state index contributed by atoms with van der Waals surface area (Å²) in [4.78, 5) is 0. The van der Waals surface area contributed by atoms with Crippen LogP contribution in [0.2, 0.25) is 5.02 Å². The Morgan fingerprint density at radius 3 is 3.06 bits per heavy atom. The standard InChI is InChI=1S/C12H12ClN3/c13-10-3-1-2-9-11(15-16-12(9)10)8-4-6-14-7-5-8/h1-4,14H,5-7H2,(H,15,16). The van der Waals surface area contributed by atoms with E-state index < -0.39 is 0 Å². The maximum atomic E-state index is 6.09. The van der Waals surface area contributed by atoms with Crippen LogP contribution < -0.4 is 5.32 Å². The van der Waals surface area contributed by atoms with Crippen LogP contribution in [0.25, 0.3) is 16.5 Å². The van der Waals surface area contributed by atoms with E-state index in [1.807, 2.05) is 12.1 Å². The first-order valence-electron chi connectivity index (χ1n) is 5.39. The monoisotopic (exact) mass is 233 g/mol. The second-order valence-electron chi connectivity index (χ2n) is 3.92. The van der Waals surface area contributed by atoms with E-state index in [2.05, 4.69) is 27.7 Å². The topological polar surface area (TPSA) is 40.7 Å². The number of H-pyrrole nitrogens is 1. The van der Waals surface area contributed by atoms with Crippen molar-refractivity contribution in [2.75, 3.05) is 13.1 Å². The van der Waals surface area contributed by atoms with Crippen molar-refractivity contribution in [2.45, 2.75) is 6.42 Å². The number of benzene rings is 1. The van der Waals surface area contributed by atoms with Gasteiger partial charge in [0, 0.05) is 11.9 Å². The van der Waals surface area contributed by atoms with Crippen molar-refractivity contribution in [1.29, 1.82) is 0 Å². The van der Waals surface area contributed by atoms with Crippen LogP contribution in [-0.4, -0.2) is 23.3 Å². The van der Waals surface area contributed by atoms with E-state index in [-0.39, 0.29) is 0 Å². The number of hydrogen-bond acceptors (Lipinski definition) is 2. The molecule has 82 valence electrons. The number of hydrogen-bond donors (Lipinski definition) is 2. The van der Waals surface area contributed by atoms with Crippen LogP contribution in [0.5, 0.6) is 0 Å². The number of para-hydroxylation sites is 1. The summed E-state index contributed by atoms with van der Waals surface area (Å²) in [6, 6.07) is 5.89. The summed E-state index contributed by atoms with van der Waals surface area (Å²) in [6.07, 6.45) is 3.24. The van der Waals surface area contributed by atoms with E-state index in [1.165, 1.54) is 5.57 Å². The highest BCUT2D eigenvalue weighted by Gasteiger charge is 2.13. The largest absolute Gasteiger partial charge is 0.313 e. The summed E-state index contributed by atoms with van der Waals surface area (Å²) in [7, 11) is 0. The highest BCUT2D eigenvalue weighted by molar-refractivity contribution is 6.35. The summed E-state index contributed by atoms with van der Waals surface area (Å²) in [5, 5.41) is 12.5. The third kappa shape index (κ3) is 1.52. The molecule has 2 aromatic rings. The quantitative estimate of drug-likeness (QED) is 0.795. The molecule has 0 radical (unpaired) electrons. The van der Waals surface area contributed by atoms with E-state index in [9.17, 15) is 0 Å². The minimum atomic E-state index is 0.703. The number of rotatable bonds is 1. The summed E-state index contributed by atoms with van der Waals surface area (Å²) >= 11 is 6.09. The van der Waals surface area contributed by atoms with Gasteiger partial charge in [0.25, 0.3) is 0 Å². The minimum absolute atomic E-state index is 0.703. The summed E-state index contributed by atoms with van der Waals surface area (Å²) in [5.74, 6) is 0. The molecule has 3 nitrogen and oxygen atoms in total. The van der Waals surface area contributed by atoms with Crippen LogP contribution in [-0.2, 0) is 0 Å². The average Bonchev–Trinajstić information content (AvgIpc) is 2.75. The van der Waals surface area contributed by atoms with Gasteiger partial charge in [-0.3, -0.25) is 5.10 Å². The van der Waals surface area contributed by atoms with Gasteiger partial charge in [0.05, 0.1) is 10.7 Å². The van der Waals surface area contributed by atoms with E-state index in [0.29, 0.717) is 5.02 Å². The lowest BCUT2D eigenvalue weighted by Gasteiger charge is -2.12. The third-order valence-corrected chi connectivity index (χ3v) is 3.23. The number of aromatic amines is 1. The van der Waals surface area contributed by atoms with E-state index >= 15 is 0 Å². The molecule has 16 heavy (non-hydrogen) atoms. The first-order valence-corrected chi connectivity index (χ1v) is 5.77. The van der Waals surface area contributed by atoms with E-state index in [4.69, 9.17) is 11.6 Å². The zero-order valence-electron chi connectivity index (χ0n) is 8.76. The lowest BCUT2D eigenvalue weighted by atomic mass is 10.0. The fraction of sp³-hybridized carbons (Fsp3) is 0.250. The molecule has 2 heterocycles. The molecule has 0 unspecified atom stereocenters. The first kappa shape index (κ1) is 9.87. The zero-order chi connectivity index (χ0) is 11.0. The molecule has 1 aromatic heterocycles. The van der Waals surface area contributed by atoms with Crippen LogP contribution in [0.15, 0.2) is 24.3 Å². The Bertz CT molecular complexity index is 556. The summed E-state index contributed by atoms with van der Waals surface area (Å²) in [6.45, 7) is 1.95. The Labute approximate surface area is 98.5 Å². The lowest BCUT2D eigenvalue weighted by molar-refractivity contribution is 0.737. The SMILES string of the molecule is Clc1cccc2c(C3=CCNCC3)[nH]nc12. The van der Waals surface area contributed by atoms with Gasteiger partial charge in [-0.05, 0) is 24.6 Å². The Balaban J connectivity index is 2.17. The molecule has 0 spiro atoms. The predicted molar refractivity (Wildman–Crippen MR) is 66.6 cm³/mol. The molecular formula is C12H12ClN3. The molecule has 0 fully saturated rings. The minimum Gasteiger partial charge on any atom is -0.313 e. The van der Waals surface area contributed by atoms with Crippen molar-refractivity contribution in [3.05, 3.63) is 35.0 Å². The van der Waals surface area contributed by atoms with Crippen molar-refractivity contribution in [2.24, 2.45) is 0 Å². The van der Waals surface area contributed by atoms with Gasteiger partial charge in [0.15, 0.2) is 0 Å². The molecule has 0 atom stereocenters. The summed E-state index contributed by atoms with van der Waals surface area (Å²) in [5.41, 5.74) is 3.29. The molecule has 2 N–H and O–H groups in total. The molecule has 0 saturated heterocycles. The second kappa shape index (κ2) is 3.92. The number of nitrogens with one attached hydrogen (secondary N) is 2. The smallest absolute Gasteiger partial charge is 0.111 e. The van der Waals surface area contributed by atoms with Crippen LogP contribution in [0.3, 0.4) is 0 Å². The first-order chi connectivity index (χ1) is 7.86. The summed E-state index contributed by atoms with van der Waals surface area (Å²) < 4.78 is 0. The van der Waals surface area contributed by atoms with Gasteiger partial charge in [-0.25, -0.2) is 0 Å². The number of fused-ring (bicyclic) bond motifs is 1. The van der Waals surface area contributed by atoms with Crippen LogP contribution in [0.4, 0.5) is 0 Å². The Kier molecular flexibility index (Phi) is 2.42. The van der Waals surface area contributed by atoms with Crippen LogP contribution in [0.1, 0.15) is 12.1 Å². The molecular weight excluding hydrogens is 222 g/mol. The molecule has 0 saturated carbocycles. The fourth-order valence-electron chi connectivity index (χ4n) is 2.10.